The Morgan fingerprint density at radius 2 is 2.17 bits per heavy atom. The Hall–Kier alpha value is -0.970. The Balaban J connectivity index is 2.57. The second-order valence-electron chi connectivity index (χ2n) is 4.33. The van der Waals surface area contributed by atoms with Gasteiger partial charge >= 0.3 is 6.09 Å². The monoisotopic (exact) mass is 290 g/mol. The van der Waals surface area contributed by atoms with Gasteiger partial charge in [-0.3, -0.25) is 5.32 Å². The molecule has 0 aliphatic heterocycles. The van der Waals surface area contributed by atoms with Crippen LogP contribution < -0.4 is 11.1 Å². The standard InChI is InChI=1S/C12H16Cl2N2O2/c1-3-12(2,15)7-18-11(17)16-10-6-8(13)4-5-9(10)14/h4-6H,3,7,15H2,1-2H3,(H,16,17). The van der Waals surface area contributed by atoms with Crippen molar-refractivity contribution in [2.75, 3.05) is 11.9 Å². The van der Waals surface area contributed by atoms with Crippen molar-refractivity contribution in [2.45, 2.75) is 25.8 Å². The zero-order chi connectivity index (χ0) is 13.8. The molecule has 100 valence electrons. The molecule has 0 fully saturated rings. The summed E-state index contributed by atoms with van der Waals surface area (Å²) < 4.78 is 5.02. The predicted molar refractivity (Wildman–Crippen MR) is 74.3 cm³/mol. The van der Waals surface area contributed by atoms with Crippen molar-refractivity contribution in [3.8, 4) is 0 Å². The molecular weight excluding hydrogens is 275 g/mol. The summed E-state index contributed by atoms with van der Waals surface area (Å²) in [5.74, 6) is 0. The number of nitrogens with one attached hydrogen (secondary N) is 1. The lowest BCUT2D eigenvalue weighted by molar-refractivity contribution is 0.132. The summed E-state index contributed by atoms with van der Waals surface area (Å²) in [7, 11) is 0. The Bertz CT molecular complexity index is 436. The first-order chi connectivity index (χ1) is 8.34. The molecule has 0 radical (unpaired) electrons. The van der Waals surface area contributed by atoms with E-state index in [1.807, 2.05) is 13.8 Å². The Morgan fingerprint density at radius 3 is 2.78 bits per heavy atom. The third-order valence-corrected chi connectivity index (χ3v) is 3.07. The van der Waals surface area contributed by atoms with Gasteiger partial charge in [0.05, 0.1) is 10.7 Å². The predicted octanol–water partition coefficient (Wildman–Crippen LogP) is 3.67. The average molecular weight is 291 g/mol. The lowest BCUT2D eigenvalue weighted by atomic mass is 10.0. The summed E-state index contributed by atoms with van der Waals surface area (Å²) in [4.78, 5) is 11.5. The molecule has 0 aliphatic carbocycles. The van der Waals surface area contributed by atoms with E-state index in [0.717, 1.165) is 0 Å². The van der Waals surface area contributed by atoms with Crippen LogP contribution in [0.2, 0.25) is 10.0 Å². The van der Waals surface area contributed by atoms with Crippen molar-refractivity contribution < 1.29 is 9.53 Å². The zero-order valence-corrected chi connectivity index (χ0v) is 11.8. The quantitative estimate of drug-likeness (QED) is 0.889. The summed E-state index contributed by atoms with van der Waals surface area (Å²) in [6, 6.07) is 4.78. The van der Waals surface area contributed by atoms with Crippen molar-refractivity contribution >= 4 is 35.0 Å². The molecule has 18 heavy (non-hydrogen) atoms. The molecule has 1 unspecified atom stereocenters. The largest absolute Gasteiger partial charge is 0.447 e. The van der Waals surface area contributed by atoms with Gasteiger partial charge in [0.1, 0.15) is 6.61 Å². The van der Waals surface area contributed by atoms with Crippen LogP contribution in [0.1, 0.15) is 20.3 Å². The highest BCUT2D eigenvalue weighted by molar-refractivity contribution is 6.35. The summed E-state index contributed by atoms with van der Waals surface area (Å²) in [6.07, 6.45) is 0.0994. The van der Waals surface area contributed by atoms with Gasteiger partial charge in [-0.05, 0) is 31.5 Å². The Labute approximate surface area is 116 Å². The van der Waals surface area contributed by atoms with E-state index >= 15 is 0 Å². The molecule has 0 heterocycles. The fourth-order valence-corrected chi connectivity index (χ4v) is 1.41. The normalized spacial score (nSPS) is 13.8. The molecule has 1 aromatic rings. The number of carbonyl (C=O) groups excluding carboxylic acids is 1. The minimum atomic E-state index is -0.607. The van der Waals surface area contributed by atoms with Gasteiger partial charge in [-0.15, -0.1) is 0 Å². The van der Waals surface area contributed by atoms with E-state index in [2.05, 4.69) is 5.32 Å². The first-order valence-electron chi connectivity index (χ1n) is 5.52. The number of carbonyl (C=O) groups is 1. The molecule has 0 spiro atoms. The summed E-state index contributed by atoms with van der Waals surface area (Å²) in [5.41, 5.74) is 5.73. The maximum absolute atomic E-state index is 11.5. The third kappa shape index (κ3) is 4.72. The number of rotatable bonds is 4. The fourth-order valence-electron chi connectivity index (χ4n) is 1.07. The van der Waals surface area contributed by atoms with Crippen LogP contribution in [-0.4, -0.2) is 18.2 Å². The number of anilines is 1. The number of halogens is 2. The smallest absolute Gasteiger partial charge is 0.411 e. The van der Waals surface area contributed by atoms with E-state index in [1.165, 1.54) is 0 Å². The number of amides is 1. The van der Waals surface area contributed by atoms with E-state index in [-0.39, 0.29) is 6.61 Å². The molecule has 1 rings (SSSR count). The van der Waals surface area contributed by atoms with E-state index in [9.17, 15) is 4.79 Å². The van der Waals surface area contributed by atoms with Crippen LogP contribution in [0.15, 0.2) is 18.2 Å². The van der Waals surface area contributed by atoms with Crippen molar-refractivity contribution in [3.63, 3.8) is 0 Å². The number of hydrogen-bond donors (Lipinski definition) is 2. The van der Waals surface area contributed by atoms with Gasteiger partial charge < -0.3 is 10.5 Å². The highest BCUT2D eigenvalue weighted by Crippen LogP contribution is 2.25. The summed E-state index contributed by atoms with van der Waals surface area (Å²) in [5, 5.41) is 3.38. The first kappa shape index (κ1) is 15.1. The number of ether oxygens (including phenoxy) is 1. The van der Waals surface area contributed by atoms with Crippen LogP contribution >= 0.6 is 23.2 Å². The number of hydrogen-bond acceptors (Lipinski definition) is 3. The van der Waals surface area contributed by atoms with Crippen LogP contribution in [0.3, 0.4) is 0 Å². The van der Waals surface area contributed by atoms with Crippen LogP contribution in [0.5, 0.6) is 0 Å². The lowest BCUT2D eigenvalue weighted by Gasteiger charge is -2.22. The van der Waals surface area contributed by atoms with Gasteiger partial charge in [0.15, 0.2) is 0 Å². The summed E-state index contributed by atoms with van der Waals surface area (Å²) >= 11 is 11.7. The van der Waals surface area contributed by atoms with Gasteiger partial charge in [-0.2, -0.15) is 0 Å². The zero-order valence-electron chi connectivity index (χ0n) is 10.3. The molecule has 0 bridgehead atoms. The molecule has 3 N–H and O–H groups in total. The van der Waals surface area contributed by atoms with Crippen molar-refractivity contribution in [1.82, 2.24) is 0 Å². The summed E-state index contributed by atoms with van der Waals surface area (Å²) in [6.45, 7) is 3.87. The minimum absolute atomic E-state index is 0.132. The maximum Gasteiger partial charge on any atom is 0.411 e. The molecule has 0 saturated carbocycles. The second-order valence-corrected chi connectivity index (χ2v) is 5.18. The molecular formula is C12H16Cl2N2O2. The van der Waals surface area contributed by atoms with Gasteiger partial charge in [-0.1, -0.05) is 30.1 Å². The number of nitrogens with two attached hydrogens (primary N) is 1. The number of benzene rings is 1. The van der Waals surface area contributed by atoms with E-state index in [1.54, 1.807) is 18.2 Å². The van der Waals surface area contributed by atoms with Gasteiger partial charge in [0.2, 0.25) is 0 Å². The van der Waals surface area contributed by atoms with Crippen LogP contribution in [0, 0.1) is 0 Å². The third-order valence-electron chi connectivity index (χ3n) is 2.51. The van der Waals surface area contributed by atoms with E-state index < -0.39 is 11.6 Å². The second kappa shape index (κ2) is 6.27. The lowest BCUT2D eigenvalue weighted by Crippen LogP contribution is -2.41. The molecule has 4 nitrogen and oxygen atoms in total. The van der Waals surface area contributed by atoms with E-state index in [0.29, 0.717) is 22.2 Å². The average Bonchev–Trinajstić information content (AvgIpc) is 2.31. The highest BCUT2D eigenvalue weighted by Gasteiger charge is 2.18. The molecule has 1 atom stereocenters. The van der Waals surface area contributed by atoms with Crippen molar-refractivity contribution in [3.05, 3.63) is 28.2 Å². The molecule has 6 heteroatoms. The Morgan fingerprint density at radius 1 is 1.50 bits per heavy atom. The molecule has 1 amide bonds. The molecule has 0 saturated heterocycles. The highest BCUT2D eigenvalue weighted by atomic mass is 35.5. The first-order valence-corrected chi connectivity index (χ1v) is 6.27. The van der Waals surface area contributed by atoms with Crippen LogP contribution in [0.25, 0.3) is 0 Å². The fraction of sp³-hybridized carbons (Fsp3) is 0.417. The molecule has 0 aliphatic rings. The van der Waals surface area contributed by atoms with Crippen molar-refractivity contribution in [1.29, 1.82) is 0 Å². The molecule has 0 aromatic heterocycles. The van der Waals surface area contributed by atoms with E-state index in [4.69, 9.17) is 33.7 Å². The van der Waals surface area contributed by atoms with Gasteiger partial charge in [0.25, 0.3) is 0 Å². The topological polar surface area (TPSA) is 64.3 Å². The van der Waals surface area contributed by atoms with Gasteiger partial charge in [-0.25, -0.2) is 4.79 Å². The van der Waals surface area contributed by atoms with Crippen LogP contribution in [-0.2, 0) is 4.74 Å². The Kier molecular flexibility index (Phi) is 5.26. The van der Waals surface area contributed by atoms with Crippen molar-refractivity contribution in [2.24, 2.45) is 5.73 Å². The van der Waals surface area contributed by atoms with Crippen LogP contribution in [0.4, 0.5) is 10.5 Å². The van der Waals surface area contributed by atoms with Gasteiger partial charge in [0, 0.05) is 10.6 Å². The molecule has 1 aromatic carbocycles. The SMILES string of the molecule is CCC(C)(N)COC(=O)Nc1cc(Cl)ccc1Cl. The minimum Gasteiger partial charge on any atom is -0.447 e. The maximum atomic E-state index is 11.5.